The lowest BCUT2D eigenvalue weighted by Gasteiger charge is -2.44. The van der Waals surface area contributed by atoms with Crippen LogP contribution in [-0.4, -0.2) is 59.9 Å². The van der Waals surface area contributed by atoms with E-state index in [4.69, 9.17) is 0 Å². The SMILES string of the molecule is CC1C(=O)NC(C)(C)C(=O)N1CC1CCCN(C)C1. The second-order valence-corrected chi connectivity index (χ2v) is 6.52. The van der Waals surface area contributed by atoms with E-state index in [0.717, 1.165) is 19.5 Å². The van der Waals surface area contributed by atoms with Gasteiger partial charge in [0.2, 0.25) is 11.8 Å². The molecule has 5 heteroatoms. The van der Waals surface area contributed by atoms with Crippen LogP contribution < -0.4 is 5.32 Å². The Morgan fingerprint density at radius 2 is 2.05 bits per heavy atom. The maximum Gasteiger partial charge on any atom is 0.248 e. The van der Waals surface area contributed by atoms with E-state index < -0.39 is 5.54 Å². The third-order valence-electron chi connectivity index (χ3n) is 4.26. The molecule has 1 N–H and O–H groups in total. The zero-order chi connectivity index (χ0) is 14.2. The Balaban J connectivity index is 2.08. The van der Waals surface area contributed by atoms with Crippen molar-refractivity contribution < 1.29 is 9.59 Å². The third-order valence-corrected chi connectivity index (χ3v) is 4.26. The van der Waals surface area contributed by atoms with Crippen LogP contribution in [0.15, 0.2) is 0 Å². The molecule has 2 amide bonds. The average Bonchev–Trinajstić information content (AvgIpc) is 2.32. The molecule has 2 saturated heterocycles. The van der Waals surface area contributed by atoms with E-state index in [-0.39, 0.29) is 17.9 Å². The Labute approximate surface area is 115 Å². The quantitative estimate of drug-likeness (QED) is 0.790. The summed E-state index contributed by atoms with van der Waals surface area (Å²) in [6, 6.07) is -0.354. The maximum absolute atomic E-state index is 12.5. The fourth-order valence-electron chi connectivity index (χ4n) is 3.08. The Bertz CT molecular complexity index is 381. The first-order chi connectivity index (χ1) is 8.81. The van der Waals surface area contributed by atoms with Gasteiger partial charge in [-0.05, 0) is 53.1 Å². The summed E-state index contributed by atoms with van der Waals surface area (Å²) in [5, 5.41) is 2.79. The summed E-state index contributed by atoms with van der Waals surface area (Å²) < 4.78 is 0. The van der Waals surface area contributed by atoms with Gasteiger partial charge in [-0.1, -0.05) is 0 Å². The van der Waals surface area contributed by atoms with Crippen LogP contribution >= 0.6 is 0 Å². The molecular weight excluding hydrogens is 242 g/mol. The second-order valence-electron chi connectivity index (χ2n) is 6.52. The van der Waals surface area contributed by atoms with Crippen molar-refractivity contribution in [1.82, 2.24) is 15.1 Å². The van der Waals surface area contributed by atoms with Crippen molar-refractivity contribution in [1.29, 1.82) is 0 Å². The van der Waals surface area contributed by atoms with E-state index in [0.29, 0.717) is 12.5 Å². The largest absolute Gasteiger partial charge is 0.340 e. The highest BCUT2D eigenvalue weighted by molar-refractivity contribution is 5.99. The number of likely N-dealkylation sites (tertiary alicyclic amines) is 1. The first-order valence-electron chi connectivity index (χ1n) is 7.13. The predicted molar refractivity (Wildman–Crippen MR) is 73.6 cm³/mol. The first-order valence-corrected chi connectivity index (χ1v) is 7.13. The fourth-order valence-corrected chi connectivity index (χ4v) is 3.08. The number of carbonyl (C=O) groups is 2. The predicted octanol–water partition coefficient (Wildman–Crippen LogP) is 0.454. The molecule has 0 aromatic carbocycles. The van der Waals surface area contributed by atoms with Crippen LogP contribution in [0, 0.1) is 5.92 Å². The zero-order valence-corrected chi connectivity index (χ0v) is 12.4. The monoisotopic (exact) mass is 267 g/mol. The Morgan fingerprint density at radius 3 is 2.68 bits per heavy atom. The standard InChI is InChI=1S/C14H25N3O2/c1-10-12(18)15-14(2,3)13(19)17(10)9-11-6-5-7-16(4)8-11/h10-11H,5-9H2,1-4H3,(H,15,18). The van der Waals surface area contributed by atoms with Crippen molar-refractivity contribution >= 4 is 11.8 Å². The molecule has 0 saturated carbocycles. The number of amides is 2. The molecule has 2 heterocycles. The highest BCUT2D eigenvalue weighted by atomic mass is 16.2. The second kappa shape index (κ2) is 5.12. The van der Waals surface area contributed by atoms with Gasteiger partial charge in [0.1, 0.15) is 11.6 Å². The van der Waals surface area contributed by atoms with Crippen molar-refractivity contribution in [3.8, 4) is 0 Å². The minimum atomic E-state index is -0.774. The van der Waals surface area contributed by atoms with Crippen molar-refractivity contribution in [3.05, 3.63) is 0 Å². The van der Waals surface area contributed by atoms with Gasteiger partial charge >= 0.3 is 0 Å². The zero-order valence-electron chi connectivity index (χ0n) is 12.4. The summed E-state index contributed by atoms with van der Waals surface area (Å²) in [5.74, 6) is 0.466. The molecule has 2 rings (SSSR count). The molecule has 108 valence electrons. The molecule has 0 spiro atoms. The van der Waals surface area contributed by atoms with Crippen molar-refractivity contribution in [2.24, 2.45) is 5.92 Å². The van der Waals surface area contributed by atoms with E-state index in [9.17, 15) is 9.59 Å². The number of nitrogens with one attached hydrogen (secondary N) is 1. The molecule has 0 aromatic rings. The summed E-state index contributed by atoms with van der Waals surface area (Å²) >= 11 is 0. The van der Waals surface area contributed by atoms with Gasteiger partial charge in [0, 0.05) is 13.1 Å². The highest BCUT2D eigenvalue weighted by Gasteiger charge is 2.43. The molecule has 19 heavy (non-hydrogen) atoms. The number of carbonyl (C=O) groups excluding carboxylic acids is 2. The smallest absolute Gasteiger partial charge is 0.248 e. The van der Waals surface area contributed by atoms with Crippen LogP contribution in [0.3, 0.4) is 0 Å². The van der Waals surface area contributed by atoms with Gasteiger partial charge in [-0.25, -0.2) is 0 Å². The summed E-state index contributed by atoms with van der Waals surface area (Å²) in [4.78, 5) is 28.5. The van der Waals surface area contributed by atoms with E-state index in [1.807, 2.05) is 6.92 Å². The Hall–Kier alpha value is -1.10. The van der Waals surface area contributed by atoms with Crippen LogP contribution in [0.25, 0.3) is 0 Å². The molecule has 2 aliphatic heterocycles. The van der Waals surface area contributed by atoms with Crippen LogP contribution in [0.1, 0.15) is 33.6 Å². The number of piperazine rings is 1. The van der Waals surface area contributed by atoms with Gasteiger partial charge in [-0.15, -0.1) is 0 Å². The Kier molecular flexibility index (Phi) is 3.85. The van der Waals surface area contributed by atoms with Gasteiger partial charge in [0.15, 0.2) is 0 Å². The number of hydrogen-bond acceptors (Lipinski definition) is 3. The molecule has 0 aromatic heterocycles. The molecular formula is C14H25N3O2. The highest BCUT2D eigenvalue weighted by Crippen LogP contribution is 2.22. The molecule has 2 unspecified atom stereocenters. The molecule has 2 fully saturated rings. The van der Waals surface area contributed by atoms with Crippen LogP contribution in [0.5, 0.6) is 0 Å². The average molecular weight is 267 g/mol. The number of piperidine rings is 1. The van der Waals surface area contributed by atoms with Crippen molar-refractivity contribution in [2.45, 2.75) is 45.2 Å². The van der Waals surface area contributed by atoms with E-state index in [1.165, 1.54) is 6.42 Å². The van der Waals surface area contributed by atoms with Gasteiger partial charge in [0.25, 0.3) is 0 Å². The normalized spacial score (nSPS) is 32.3. The molecule has 0 aliphatic carbocycles. The van der Waals surface area contributed by atoms with Gasteiger partial charge in [-0.2, -0.15) is 0 Å². The fraction of sp³-hybridized carbons (Fsp3) is 0.857. The van der Waals surface area contributed by atoms with E-state index in [2.05, 4.69) is 17.3 Å². The molecule has 2 aliphatic rings. The molecule has 2 atom stereocenters. The van der Waals surface area contributed by atoms with Crippen molar-refractivity contribution in [2.75, 3.05) is 26.7 Å². The maximum atomic E-state index is 12.5. The minimum Gasteiger partial charge on any atom is -0.340 e. The number of rotatable bonds is 2. The number of hydrogen-bond donors (Lipinski definition) is 1. The lowest BCUT2D eigenvalue weighted by molar-refractivity contribution is -0.153. The van der Waals surface area contributed by atoms with E-state index in [1.54, 1.807) is 18.7 Å². The lowest BCUT2D eigenvalue weighted by atomic mass is 9.93. The van der Waals surface area contributed by atoms with Crippen LogP contribution in [0.4, 0.5) is 0 Å². The summed E-state index contributed by atoms with van der Waals surface area (Å²) in [6.07, 6.45) is 2.32. The summed E-state index contributed by atoms with van der Waals surface area (Å²) in [7, 11) is 2.12. The summed E-state index contributed by atoms with van der Waals surface area (Å²) in [5.41, 5.74) is -0.774. The van der Waals surface area contributed by atoms with Gasteiger partial charge in [0.05, 0.1) is 0 Å². The molecule has 0 bridgehead atoms. The minimum absolute atomic E-state index is 0.0350. The third kappa shape index (κ3) is 2.91. The lowest BCUT2D eigenvalue weighted by Crippen LogP contribution is -2.68. The topological polar surface area (TPSA) is 52.7 Å². The van der Waals surface area contributed by atoms with Crippen molar-refractivity contribution in [3.63, 3.8) is 0 Å². The van der Waals surface area contributed by atoms with Crippen LogP contribution in [-0.2, 0) is 9.59 Å². The van der Waals surface area contributed by atoms with E-state index >= 15 is 0 Å². The molecule has 0 radical (unpaired) electrons. The van der Waals surface area contributed by atoms with Gasteiger partial charge < -0.3 is 15.1 Å². The number of nitrogens with zero attached hydrogens (tertiary/aromatic N) is 2. The van der Waals surface area contributed by atoms with Crippen LogP contribution in [0.2, 0.25) is 0 Å². The summed E-state index contributed by atoms with van der Waals surface area (Å²) in [6.45, 7) is 8.21. The first kappa shape index (κ1) is 14.3. The Morgan fingerprint density at radius 1 is 1.37 bits per heavy atom. The van der Waals surface area contributed by atoms with Gasteiger partial charge in [-0.3, -0.25) is 9.59 Å². The molecule has 5 nitrogen and oxygen atoms in total.